The standard InChI is InChI=1S/C22H24N6/c1-3-28-13-18(15(2)26-28)22-21-20(24-14-25-21)9-11-27(22)12-16-8-10-23-19-7-5-4-6-17(16)19/h4-8,10,13-14,22H,3,9,11-12H2,1-2H3,(H,24,25)/t22-/m0/s1. The number of fused-ring (bicyclic) bond motifs is 2. The third-order valence-corrected chi connectivity index (χ3v) is 5.74. The SMILES string of the molecule is CCn1cc([C@H]2c3nc[nH]c3CCN2Cc2ccnc3ccccc23)c(C)n1. The molecule has 0 aliphatic carbocycles. The molecule has 0 bridgehead atoms. The van der Waals surface area contributed by atoms with Crippen LogP contribution in [-0.2, 0) is 19.5 Å². The van der Waals surface area contributed by atoms with E-state index in [4.69, 9.17) is 10.1 Å². The third kappa shape index (κ3) is 2.81. The van der Waals surface area contributed by atoms with Gasteiger partial charge in [-0.15, -0.1) is 0 Å². The lowest BCUT2D eigenvalue weighted by Crippen LogP contribution is -2.36. The van der Waals surface area contributed by atoms with Gasteiger partial charge in [0.15, 0.2) is 0 Å². The van der Waals surface area contributed by atoms with E-state index in [-0.39, 0.29) is 6.04 Å². The number of benzene rings is 1. The molecule has 142 valence electrons. The molecule has 4 aromatic rings. The molecule has 0 spiro atoms. The highest BCUT2D eigenvalue weighted by Crippen LogP contribution is 2.36. The van der Waals surface area contributed by atoms with Crippen LogP contribution in [0.3, 0.4) is 0 Å². The fraction of sp³-hybridized carbons (Fsp3) is 0.318. The summed E-state index contributed by atoms with van der Waals surface area (Å²) in [7, 11) is 0. The molecule has 0 radical (unpaired) electrons. The maximum Gasteiger partial charge on any atom is 0.0926 e. The highest BCUT2D eigenvalue weighted by atomic mass is 15.3. The van der Waals surface area contributed by atoms with Crippen molar-refractivity contribution < 1.29 is 0 Å². The Morgan fingerprint density at radius 1 is 1.18 bits per heavy atom. The summed E-state index contributed by atoms with van der Waals surface area (Å²) in [6, 6.07) is 10.6. The van der Waals surface area contributed by atoms with Crippen LogP contribution in [0.5, 0.6) is 0 Å². The number of pyridine rings is 1. The highest BCUT2D eigenvalue weighted by molar-refractivity contribution is 5.81. The summed E-state index contributed by atoms with van der Waals surface area (Å²) in [4.78, 5) is 15.1. The third-order valence-electron chi connectivity index (χ3n) is 5.74. The molecule has 1 N–H and O–H groups in total. The molecule has 0 saturated heterocycles. The molecule has 0 saturated carbocycles. The van der Waals surface area contributed by atoms with Gasteiger partial charge in [0, 0.05) is 55.1 Å². The lowest BCUT2D eigenvalue weighted by molar-refractivity contribution is 0.200. The minimum atomic E-state index is 0.113. The van der Waals surface area contributed by atoms with Crippen molar-refractivity contribution in [3.63, 3.8) is 0 Å². The molecule has 1 aliphatic rings. The predicted molar refractivity (Wildman–Crippen MR) is 109 cm³/mol. The van der Waals surface area contributed by atoms with E-state index in [9.17, 15) is 0 Å². The number of aromatic nitrogens is 5. The lowest BCUT2D eigenvalue weighted by atomic mass is 9.95. The van der Waals surface area contributed by atoms with Crippen molar-refractivity contribution in [3.8, 4) is 0 Å². The predicted octanol–water partition coefficient (Wildman–Crippen LogP) is 3.63. The summed E-state index contributed by atoms with van der Waals surface area (Å²) in [5.74, 6) is 0. The van der Waals surface area contributed by atoms with Crippen molar-refractivity contribution in [3.05, 3.63) is 77.3 Å². The monoisotopic (exact) mass is 372 g/mol. The van der Waals surface area contributed by atoms with E-state index < -0.39 is 0 Å². The Labute approximate surface area is 164 Å². The Bertz CT molecular complexity index is 1120. The number of para-hydroxylation sites is 1. The van der Waals surface area contributed by atoms with Crippen LogP contribution < -0.4 is 0 Å². The minimum absolute atomic E-state index is 0.113. The summed E-state index contributed by atoms with van der Waals surface area (Å²) < 4.78 is 2.02. The second kappa shape index (κ2) is 6.87. The number of nitrogens with zero attached hydrogens (tertiary/aromatic N) is 5. The molecule has 1 atom stereocenters. The van der Waals surface area contributed by atoms with Gasteiger partial charge in [0.2, 0.25) is 0 Å². The molecule has 28 heavy (non-hydrogen) atoms. The van der Waals surface area contributed by atoms with E-state index in [0.717, 1.165) is 43.0 Å². The minimum Gasteiger partial charge on any atom is -0.348 e. The molecule has 6 heteroatoms. The summed E-state index contributed by atoms with van der Waals surface area (Å²) >= 11 is 0. The summed E-state index contributed by atoms with van der Waals surface area (Å²) in [5.41, 5.74) is 7.03. The van der Waals surface area contributed by atoms with Crippen LogP contribution in [0.15, 0.2) is 49.1 Å². The van der Waals surface area contributed by atoms with Gasteiger partial charge in [-0.25, -0.2) is 4.98 Å². The first-order chi connectivity index (χ1) is 13.7. The van der Waals surface area contributed by atoms with Gasteiger partial charge in [0.1, 0.15) is 0 Å². The molecule has 1 aliphatic heterocycles. The molecule has 0 amide bonds. The summed E-state index contributed by atoms with van der Waals surface area (Å²) in [6.45, 7) is 6.93. The highest BCUT2D eigenvalue weighted by Gasteiger charge is 2.33. The topological polar surface area (TPSA) is 62.6 Å². The number of H-pyrrole nitrogens is 1. The van der Waals surface area contributed by atoms with Crippen molar-refractivity contribution in [2.24, 2.45) is 0 Å². The Kier molecular flexibility index (Phi) is 4.20. The van der Waals surface area contributed by atoms with Crippen molar-refractivity contribution in [1.82, 2.24) is 29.6 Å². The van der Waals surface area contributed by atoms with E-state index in [1.54, 1.807) is 0 Å². The fourth-order valence-corrected chi connectivity index (χ4v) is 4.31. The van der Waals surface area contributed by atoms with Gasteiger partial charge in [-0.2, -0.15) is 5.10 Å². The lowest BCUT2D eigenvalue weighted by Gasteiger charge is -2.35. The summed E-state index contributed by atoms with van der Waals surface area (Å²) in [6.07, 6.45) is 6.90. The van der Waals surface area contributed by atoms with Crippen LogP contribution >= 0.6 is 0 Å². The molecule has 0 unspecified atom stereocenters. The normalized spacial score (nSPS) is 17.1. The summed E-state index contributed by atoms with van der Waals surface area (Å²) in [5, 5.41) is 5.92. The van der Waals surface area contributed by atoms with Gasteiger partial charge >= 0.3 is 0 Å². The zero-order chi connectivity index (χ0) is 19.1. The second-order valence-corrected chi connectivity index (χ2v) is 7.40. The number of hydrogen-bond donors (Lipinski definition) is 1. The maximum absolute atomic E-state index is 4.70. The van der Waals surface area contributed by atoms with E-state index in [0.29, 0.717) is 0 Å². The quantitative estimate of drug-likeness (QED) is 0.594. The Balaban J connectivity index is 1.58. The van der Waals surface area contributed by atoms with Crippen LogP contribution in [0.4, 0.5) is 0 Å². The van der Waals surface area contributed by atoms with E-state index >= 15 is 0 Å². The molecule has 4 heterocycles. The van der Waals surface area contributed by atoms with Gasteiger partial charge < -0.3 is 4.98 Å². The van der Waals surface area contributed by atoms with Crippen molar-refractivity contribution in [2.45, 2.75) is 39.4 Å². The van der Waals surface area contributed by atoms with Gasteiger partial charge in [-0.1, -0.05) is 18.2 Å². The number of aromatic amines is 1. The van der Waals surface area contributed by atoms with Crippen LogP contribution in [0.2, 0.25) is 0 Å². The van der Waals surface area contributed by atoms with Crippen LogP contribution in [0, 0.1) is 6.92 Å². The molecule has 5 rings (SSSR count). The zero-order valence-corrected chi connectivity index (χ0v) is 16.3. The van der Waals surface area contributed by atoms with Crippen molar-refractivity contribution in [1.29, 1.82) is 0 Å². The largest absolute Gasteiger partial charge is 0.348 e. The average Bonchev–Trinajstić information content (AvgIpc) is 3.34. The first kappa shape index (κ1) is 17.1. The Morgan fingerprint density at radius 2 is 2.07 bits per heavy atom. The maximum atomic E-state index is 4.70. The molecule has 1 aromatic carbocycles. The molecular weight excluding hydrogens is 348 g/mol. The van der Waals surface area contributed by atoms with Gasteiger partial charge in [-0.3, -0.25) is 14.6 Å². The molecule has 0 fully saturated rings. The van der Waals surface area contributed by atoms with Crippen LogP contribution in [-0.4, -0.2) is 36.2 Å². The molecular formula is C22H24N6. The number of imidazole rings is 1. The number of rotatable bonds is 4. The number of nitrogens with one attached hydrogen (secondary N) is 1. The smallest absolute Gasteiger partial charge is 0.0926 e. The number of hydrogen-bond acceptors (Lipinski definition) is 4. The molecule has 6 nitrogen and oxygen atoms in total. The van der Waals surface area contributed by atoms with Crippen molar-refractivity contribution >= 4 is 10.9 Å². The average molecular weight is 372 g/mol. The van der Waals surface area contributed by atoms with Crippen LogP contribution in [0.25, 0.3) is 10.9 Å². The van der Waals surface area contributed by atoms with Gasteiger partial charge in [-0.05, 0) is 31.5 Å². The Morgan fingerprint density at radius 3 is 2.93 bits per heavy atom. The van der Waals surface area contributed by atoms with E-state index in [1.807, 2.05) is 23.3 Å². The van der Waals surface area contributed by atoms with Crippen molar-refractivity contribution in [2.75, 3.05) is 6.54 Å². The van der Waals surface area contributed by atoms with E-state index in [2.05, 4.69) is 59.2 Å². The van der Waals surface area contributed by atoms with Crippen LogP contribution in [0.1, 0.15) is 41.2 Å². The second-order valence-electron chi connectivity index (χ2n) is 7.40. The molecule has 3 aromatic heterocycles. The first-order valence-corrected chi connectivity index (χ1v) is 9.87. The number of aryl methyl sites for hydroxylation is 2. The van der Waals surface area contributed by atoms with Gasteiger partial charge in [0.25, 0.3) is 0 Å². The zero-order valence-electron chi connectivity index (χ0n) is 16.3. The first-order valence-electron chi connectivity index (χ1n) is 9.87. The fourth-order valence-electron chi connectivity index (χ4n) is 4.31. The Hall–Kier alpha value is -2.99. The van der Waals surface area contributed by atoms with E-state index in [1.165, 1.54) is 22.2 Å². The van der Waals surface area contributed by atoms with Gasteiger partial charge in [0.05, 0.1) is 29.3 Å².